The maximum absolute atomic E-state index is 12.8. The molecule has 10 heteroatoms. The van der Waals surface area contributed by atoms with Crippen LogP contribution in [0.25, 0.3) is 0 Å². The van der Waals surface area contributed by atoms with Gasteiger partial charge in [0.1, 0.15) is 12.2 Å². The van der Waals surface area contributed by atoms with Gasteiger partial charge in [-0.1, -0.05) is 0 Å². The molecule has 2 aliphatic rings. The van der Waals surface area contributed by atoms with Crippen LogP contribution in [0.2, 0.25) is 0 Å². The van der Waals surface area contributed by atoms with E-state index in [1.165, 1.54) is 16.7 Å². The maximum atomic E-state index is 12.8. The van der Waals surface area contributed by atoms with Crippen LogP contribution in [0.5, 0.6) is 5.75 Å². The van der Waals surface area contributed by atoms with Crippen LogP contribution in [0.3, 0.4) is 0 Å². The zero-order valence-electron chi connectivity index (χ0n) is 14.4. The van der Waals surface area contributed by atoms with Crippen molar-refractivity contribution in [1.29, 1.82) is 0 Å². The Labute approximate surface area is 149 Å². The van der Waals surface area contributed by atoms with E-state index in [1.54, 1.807) is 5.01 Å². The molecule has 0 radical (unpaired) electrons. The lowest BCUT2D eigenvalue weighted by Gasteiger charge is -2.40. The van der Waals surface area contributed by atoms with E-state index >= 15 is 0 Å². The van der Waals surface area contributed by atoms with E-state index < -0.39 is 28.6 Å². The van der Waals surface area contributed by atoms with Gasteiger partial charge in [0.25, 0.3) is 5.91 Å². The van der Waals surface area contributed by atoms with E-state index in [2.05, 4.69) is 0 Å². The first-order valence-electron chi connectivity index (χ1n) is 8.31. The van der Waals surface area contributed by atoms with Crippen LogP contribution in [0.4, 0.5) is 0 Å². The van der Waals surface area contributed by atoms with E-state index in [9.17, 15) is 24.6 Å². The molecule has 1 aromatic heterocycles. The molecule has 0 spiro atoms. The van der Waals surface area contributed by atoms with Gasteiger partial charge in [-0.15, -0.1) is 0 Å². The molecule has 0 saturated carbocycles. The summed E-state index contributed by atoms with van der Waals surface area (Å²) >= 11 is 0. The predicted molar refractivity (Wildman–Crippen MR) is 89.2 cm³/mol. The fraction of sp³-hybridized carbons (Fsp3) is 0.562. The molecular weight excluding hydrogens is 346 g/mol. The molecule has 10 nitrogen and oxygen atoms in total. The molecular formula is C16H21N3O7. The third-order valence-electron chi connectivity index (χ3n) is 4.52. The second kappa shape index (κ2) is 7.34. The molecule has 2 aliphatic heterocycles. The number of pyridine rings is 1. The Kier molecular flexibility index (Phi) is 5.14. The topological polar surface area (TPSA) is 122 Å². The Morgan fingerprint density at radius 3 is 2.81 bits per heavy atom. The van der Waals surface area contributed by atoms with E-state index in [-0.39, 0.29) is 18.5 Å². The fourth-order valence-corrected chi connectivity index (χ4v) is 3.19. The number of aromatic hydroxyl groups is 1. The van der Waals surface area contributed by atoms with Crippen LogP contribution in [0.1, 0.15) is 33.7 Å². The molecule has 1 fully saturated rings. The van der Waals surface area contributed by atoms with Crippen molar-refractivity contribution in [2.45, 2.75) is 18.9 Å². The molecule has 0 aromatic carbocycles. The predicted octanol–water partition coefficient (Wildman–Crippen LogP) is -0.571. The number of amides is 1. The average molecular weight is 367 g/mol. The van der Waals surface area contributed by atoms with E-state index in [1.807, 2.05) is 0 Å². The van der Waals surface area contributed by atoms with Gasteiger partial charge < -0.3 is 24.6 Å². The van der Waals surface area contributed by atoms with E-state index in [0.29, 0.717) is 26.3 Å². The minimum atomic E-state index is -1.47. The highest BCUT2D eigenvalue weighted by Gasteiger charge is 2.35. The molecule has 26 heavy (non-hydrogen) atoms. The summed E-state index contributed by atoms with van der Waals surface area (Å²) in [6.45, 7) is 1.78. The Morgan fingerprint density at radius 2 is 2.19 bits per heavy atom. The number of nitrogens with zero attached hydrogens (tertiary/aromatic N) is 3. The first kappa shape index (κ1) is 18.2. The molecule has 3 rings (SSSR count). The van der Waals surface area contributed by atoms with Gasteiger partial charge in [0.15, 0.2) is 11.4 Å². The summed E-state index contributed by atoms with van der Waals surface area (Å²) in [5.41, 5.74) is -1.93. The maximum Gasteiger partial charge on any atom is 0.341 e. The Bertz CT molecular complexity index is 770. The molecule has 0 unspecified atom stereocenters. The van der Waals surface area contributed by atoms with Crippen molar-refractivity contribution < 1.29 is 29.3 Å². The lowest BCUT2D eigenvalue weighted by Crippen LogP contribution is -2.56. The number of rotatable bonds is 6. The zero-order chi connectivity index (χ0) is 18.8. The number of carbonyl (C=O) groups is 2. The van der Waals surface area contributed by atoms with Gasteiger partial charge in [-0.2, -0.15) is 0 Å². The molecule has 1 saturated heterocycles. The van der Waals surface area contributed by atoms with Crippen LogP contribution in [-0.4, -0.2) is 77.9 Å². The Morgan fingerprint density at radius 1 is 1.42 bits per heavy atom. The number of ether oxygens (including phenoxy) is 2. The fourth-order valence-electron chi connectivity index (χ4n) is 3.19. The van der Waals surface area contributed by atoms with Gasteiger partial charge in [0, 0.05) is 26.5 Å². The van der Waals surface area contributed by atoms with Crippen LogP contribution in [0, 0.1) is 0 Å². The van der Waals surface area contributed by atoms with E-state index in [0.717, 1.165) is 19.0 Å². The number of hydrogen-bond acceptors (Lipinski definition) is 7. The molecule has 0 bridgehead atoms. The van der Waals surface area contributed by atoms with E-state index in [4.69, 9.17) is 9.47 Å². The Balaban J connectivity index is 2.02. The molecule has 2 N–H and O–H groups in total. The zero-order valence-corrected chi connectivity index (χ0v) is 14.4. The van der Waals surface area contributed by atoms with Gasteiger partial charge in [0.2, 0.25) is 5.43 Å². The highest BCUT2D eigenvalue weighted by Crippen LogP contribution is 2.23. The molecule has 1 amide bonds. The van der Waals surface area contributed by atoms with Gasteiger partial charge in [-0.3, -0.25) is 19.3 Å². The number of fused-ring (bicyclic) bond motifs is 1. The smallest absolute Gasteiger partial charge is 0.341 e. The number of aromatic nitrogens is 1. The minimum Gasteiger partial charge on any atom is -0.502 e. The number of methoxy groups -OCH3 is 1. The van der Waals surface area contributed by atoms with Gasteiger partial charge in [0.05, 0.1) is 19.3 Å². The first-order chi connectivity index (χ1) is 12.4. The summed E-state index contributed by atoms with van der Waals surface area (Å²) in [5.74, 6) is -2.88. The van der Waals surface area contributed by atoms with Crippen LogP contribution in [-0.2, 0) is 9.47 Å². The van der Waals surface area contributed by atoms with Crippen molar-refractivity contribution in [2.24, 2.45) is 0 Å². The average Bonchev–Trinajstić information content (AvgIpc) is 3.11. The highest BCUT2D eigenvalue weighted by atomic mass is 16.5. The van der Waals surface area contributed by atoms with Crippen molar-refractivity contribution in [3.63, 3.8) is 0 Å². The summed E-state index contributed by atoms with van der Waals surface area (Å²) in [5, 5.41) is 21.1. The van der Waals surface area contributed by atoms with Crippen molar-refractivity contribution in [1.82, 2.24) is 9.58 Å². The number of carboxylic acid groups (broad SMARTS) is 1. The van der Waals surface area contributed by atoms with Crippen LogP contribution >= 0.6 is 0 Å². The number of hydrogen-bond donors (Lipinski definition) is 2. The van der Waals surface area contributed by atoms with Gasteiger partial charge in [-0.25, -0.2) is 4.79 Å². The van der Waals surface area contributed by atoms with Crippen molar-refractivity contribution in [2.75, 3.05) is 45.1 Å². The van der Waals surface area contributed by atoms with Gasteiger partial charge in [-0.05, 0) is 12.8 Å². The summed E-state index contributed by atoms with van der Waals surface area (Å²) in [7, 11) is 1.52. The molecule has 1 atom stereocenters. The lowest BCUT2D eigenvalue weighted by atomic mass is 10.1. The normalized spacial score (nSPS) is 19.7. The number of aromatic carboxylic acids is 1. The summed E-state index contributed by atoms with van der Waals surface area (Å²) in [4.78, 5) is 37.7. The first-order valence-corrected chi connectivity index (χ1v) is 8.31. The third kappa shape index (κ3) is 3.25. The standard InChI is InChI=1S/C16H21N3O7/c1-25-6-4-18-9-17(7-10-3-2-5-26-10)15(22)12-14(21)13(20)11(16(23)24)8-19(12)18/h8,10,21H,2-7,9H2,1H3,(H,23,24)/t10-/m0/s1. The largest absolute Gasteiger partial charge is 0.502 e. The molecule has 142 valence electrons. The summed E-state index contributed by atoms with van der Waals surface area (Å²) in [6.07, 6.45) is 2.72. The molecule has 0 aliphatic carbocycles. The summed E-state index contributed by atoms with van der Waals surface area (Å²) < 4.78 is 11.9. The van der Waals surface area contributed by atoms with Crippen molar-refractivity contribution in [3.8, 4) is 5.75 Å². The van der Waals surface area contributed by atoms with Crippen molar-refractivity contribution in [3.05, 3.63) is 27.7 Å². The summed E-state index contributed by atoms with van der Waals surface area (Å²) in [6, 6.07) is 0. The van der Waals surface area contributed by atoms with Gasteiger partial charge >= 0.3 is 5.97 Å². The second-order valence-electron chi connectivity index (χ2n) is 6.25. The number of carboxylic acids is 1. The molecule has 3 heterocycles. The van der Waals surface area contributed by atoms with Crippen LogP contribution < -0.4 is 10.4 Å². The number of carbonyl (C=O) groups excluding carboxylic acids is 1. The second-order valence-corrected chi connectivity index (χ2v) is 6.25. The molecule has 1 aromatic rings. The minimum absolute atomic E-state index is 0.0954. The monoisotopic (exact) mass is 367 g/mol. The quantitative estimate of drug-likeness (QED) is 0.686. The third-order valence-corrected chi connectivity index (χ3v) is 4.52. The Hall–Kier alpha value is -2.59. The van der Waals surface area contributed by atoms with Crippen LogP contribution in [0.15, 0.2) is 11.0 Å². The highest BCUT2D eigenvalue weighted by molar-refractivity contribution is 5.97. The lowest BCUT2D eigenvalue weighted by molar-refractivity contribution is 0.0448. The SMILES string of the molecule is COCCN1CN(C[C@@H]2CCCO2)C(=O)c2c(O)c(=O)c(C(=O)O)cn21. The van der Waals surface area contributed by atoms with Crippen molar-refractivity contribution >= 4 is 11.9 Å².